The highest BCUT2D eigenvalue weighted by Crippen LogP contribution is 2.45. The molecule has 2 N–H and O–H groups in total. The van der Waals surface area contributed by atoms with Crippen molar-refractivity contribution in [2.75, 3.05) is 18.6 Å². The molecule has 0 spiro atoms. The second kappa shape index (κ2) is 13.8. The fraction of sp³-hybridized carbons (Fsp3) is 0.250. The van der Waals surface area contributed by atoms with Gasteiger partial charge in [0, 0.05) is 59.5 Å². The molecule has 0 unspecified atom stereocenters. The van der Waals surface area contributed by atoms with Gasteiger partial charge in [-0.05, 0) is 93.3 Å². The zero-order chi connectivity index (χ0) is 24.5. The van der Waals surface area contributed by atoms with E-state index in [4.69, 9.17) is 4.74 Å². The van der Waals surface area contributed by atoms with Gasteiger partial charge in [-0.1, -0.05) is 24.0 Å². The molecule has 10 heteroatoms. The van der Waals surface area contributed by atoms with Crippen LogP contribution in [-0.4, -0.2) is 41.8 Å². The van der Waals surface area contributed by atoms with E-state index in [0.717, 1.165) is 33.4 Å². The smallest absolute Gasteiger partial charge is 0.407 e. The minimum absolute atomic E-state index is 0.0799. The summed E-state index contributed by atoms with van der Waals surface area (Å²) in [6, 6.07) is 11.2. The summed E-state index contributed by atoms with van der Waals surface area (Å²) in [5, 5.41) is 17.9. The molecule has 1 atom stereocenters. The summed E-state index contributed by atoms with van der Waals surface area (Å²) in [4.78, 5) is 23.9. The number of benzene rings is 2. The van der Waals surface area contributed by atoms with E-state index in [0.29, 0.717) is 12.2 Å². The van der Waals surface area contributed by atoms with Crippen LogP contribution in [-0.2, 0) is 9.53 Å². The molecule has 0 aromatic heterocycles. The summed E-state index contributed by atoms with van der Waals surface area (Å²) in [5.74, 6) is 5.60. The van der Waals surface area contributed by atoms with E-state index in [1.807, 2.05) is 42.7 Å². The molecule has 2 aromatic carbocycles. The molecule has 0 saturated heterocycles. The van der Waals surface area contributed by atoms with Gasteiger partial charge in [-0.25, -0.2) is 9.59 Å². The van der Waals surface area contributed by atoms with Gasteiger partial charge < -0.3 is 15.2 Å². The molecule has 1 aliphatic rings. The first-order valence-electron chi connectivity index (χ1n) is 9.99. The van der Waals surface area contributed by atoms with Crippen molar-refractivity contribution in [1.29, 1.82) is 0 Å². The summed E-state index contributed by atoms with van der Waals surface area (Å²) >= 11 is 5.79. The SMILES string of the molecule is CSCC[C@H](NC(=O)OCC1c2cc(C#CSI)ccc2-c2ccc(C#CSI)cc21)C(=O)O. The first-order chi connectivity index (χ1) is 16.5. The molecule has 5 nitrogen and oxygen atoms in total. The maximum Gasteiger partial charge on any atom is 0.407 e. The Morgan fingerprint density at radius 3 is 2.09 bits per heavy atom. The molecule has 34 heavy (non-hydrogen) atoms. The minimum Gasteiger partial charge on any atom is -0.480 e. The van der Waals surface area contributed by atoms with Crippen LogP contribution >= 0.6 is 72.0 Å². The zero-order valence-corrected chi connectivity index (χ0v) is 24.7. The number of carboxylic acids is 1. The van der Waals surface area contributed by atoms with Gasteiger partial charge in [0.05, 0.1) is 0 Å². The number of carboxylic acid groups (broad SMARTS) is 1. The van der Waals surface area contributed by atoms with Gasteiger partial charge in [0.25, 0.3) is 0 Å². The number of hydrogen-bond acceptors (Lipinski definition) is 6. The van der Waals surface area contributed by atoms with Crippen LogP contribution in [0.5, 0.6) is 0 Å². The van der Waals surface area contributed by atoms with Crippen LogP contribution in [0, 0.1) is 22.3 Å². The lowest BCUT2D eigenvalue weighted by molar-refractivity contribution is -0.139. The number of thioether (sulfide) groups is 1. The van der Waals surface area contributed by atoms with Gasteiger partial charge in [0.15, 0.2) is 0 Å². The van der Waals surface area contributed by atoms with E-state index in [9.17, 15) is 14.7 Å². The minimum atomic E-state index is -1.07. The number of alkyl carbamates (subject to hydrolysis) is 1. The van der Waals surface area contributed by atoms with E-state index in [-0.39, 0.29) is 12.5 Å². The summed E-state index contributed by atoms with van der Waals surface area (Å²) < 4.78 is 5.54. The third-order valence-electron chi connectivity index (χ3n) is 5.19. The summed E-state index contributed by atoms with van der Waals surface area (Å²) in [6.07, 6.45) is 1.48. The Hall–Kier alpha value is -1.19. The average Bonchev–Trinajstić information content (AvgIpc) is 3.14. The van der Waals surface area contributed by atoms with Crippen LogP contribution in [0.15, 0.2) is 36.4 Å². The summed E-state index contributed by atoms with van der Waals surface area (Å²) in [5.41, 5.74) is 5.96. The van der Waals surface area contributed by atoms with Crippen molar-refractivity contribution >= 4 is 84.1 Å². The number of fused-ring (bicyclic) bond motifs is 3. The highest BCUT2D eigenvalue weighted by atomic mass is 127. The van der Waals surface area contributed by atoms with Crippen molar-refractivity contribution in [3.05, 3.63) is 58.7 Å². The molecule has 0 fully saturated rings. The van der Waals surface area contributed by atoms with Crippen LogP contribution < -0.4 is 5.32 Å². The molecule has 3 rings (SSSR count). The lowest BCUT2D eigenvalue weighted by atomic mass is 9.96. The quantitative estimate of drug-likeness (QED) is 0.248. The molecule has 1 aliphatic carbocycles. The summed E-state index contributed by atoms with van der Waals surface area (Å²) in [6.45, 7) is 0.0799. The number of halogens is 2. The van der Waals surface area contributed by atoms with Crippen LogP contribution in [0.4, 0.5) is 4.79 Å². The Balaban J connectivity index is 1.87. The highest BCUT2D eigenvalue weighted by molar-refractivity contribution is 14.2. The topological polar surface area (TPSA) is 75.6 Å². The van der Waals surface area contributed by atoms with Crippen molar-refractivity contribution in [1.82, 2.24) is 5.32 Å². The second-order valence-corrected chi connectivity index (χ2v) is 11.5. The lowest BCUT2D eigenvalue weighted by Crippen LogP contribution is -2.41. The molecule has 0 heterocycles. The van der Waals surface area contributed by atoms with E-state index >= 15 is 0 Å². The molecule has 0 bridgehead atoms. The number of carbonyl (C=O) groups is 2. The van der Waals surface area contributed by atoms with Gasteiger partial charge in [0.1, 0.15) is 12.6 Å². The summed E-state index contributed by atoms with van der Waals surface area (Å²) in [7, 11) is 2.84. The van der Waals surface area contributed by atoms with Gasteiger partial charge in [-0.2, -0.15) is 11.8 Å². The Bertz CT molecular complexity index is 1130. The lowest BCUT2D eigenvalue weighted by Gasteiger charge is -2.17. The Kier molecular flexibility index (Phi) is 11.1. The zero-order valence-electron chi connectivity index (χ0n) is 17.9. The predicted octanol–water partition coefficient (Wildman–Crippen LogP) is 6.52. The van der Waals surface area contributed by atoms with Crippen molar-refractivity contribution in [3.8, 4) is 33.5 Å². The number of carbonyl (C=O) groups excluding carboxylic acids is 1. The standard InChI is InChI=1S/C24H19I2NO4S3/c1-32-9-8-22(23(28)29)27-24(30)31-14-21-19-12-15(6-10-33-25)2-4-17(19)18-5-3-16(7-11-34-26)13-20(18)21/h2-5,12-13,21-22H,8-9,14H2,1H3,(H,27,30)(H,28,29)/t22-/m0/s1. The molecule has 0 aliphatic heterocycles. The Morgan fingerprint density at radius 1 is 1.06 bits per heavy atom. The molecular formula is C24H19I2NO4S3. The maximum atomic E-state index is 12.5. The van der Waals surface area contributed by atoms with Crippen molar-refractivity contribution in [2.24, 2.45) is 0 Å². The first kappa shape index (κ1) is 27.4. The monoisotopic (exact) mass is 735 g/mol. The fourth-order valence-electron chi connectivity index (χ4n) is 3.69. The number of aliphatic carboxylic acids is 1. The van der Waals surface area contributed by atoms with E-state index in [1.54, 1.807) is 0 Å². The fourth-order valence-corrected chi connectivity index (χ4v) is 5.13. The van der Waals surface area contributed by atoms with Gasteiger partial charge in [0.2, 0.25) is 0 Å². The van der Waals surface area contributed by atoms with Gasteiger partial charge >= 0.3 is 12.1 Å². The van der Waals surface area contributed by atoms with Crippen LogP contribution in [0.25, 0.3) is 11.1 Å². The van der Waals surface area contributed by atoms with Crippen molar-refractivity contribution < 1.29 is 19.4 Å². The van der Waals surface area contributed by atoms with Crippen LogP contribution in [0.3, 0.4) is 0 Å². The average molecular weight is 735 g/mol. The van der Waals surface area contributed by atoms with E-state index in [2.05, 4.69) is 70.1 Å². The predicted molar refractivity (Wildman–Crippen MR) is 160 cm³/mol. The number of rotatable bonds is 7. The van der Waals surface area contributed by atoms with Crippen LogP contribution in [0.2, 0.25) is 0 Å². The van der Waals surface area contributed by atoms with E-state index < -0.39 is 18.1 Å². The molecule has 2 aromatic rings. The third-order valence-corrected chi connectivity index (χ3v) is 7.52. The van der Waals surface area contributed by atoms with Gasteiger partial charge in [-0.15, -0.1) is 0 Å². The molecule has 0 saturated carbocycles. The van der Waals surface area contributed by atoms with Crippen molar-refractivity contribution in [3.63, 3.8) is 0 Å². The molecule has 176 valence electrons. The first-order valence-corrected chi connectivity index (χ1v) is 18.1. The molecular weight excluding hydrogens is 716 g/mol. The largest absolute Gasteiger partial charge is 0.480 e. The third kappa shape index (κ3) is 7.17. The number of ether oxygens (including phenoxy) is 1. The van der Waals surface area contributed by atoms with Crippen molar-refractivity contribution in [2.45, 2.75) is 18.4 Å². The Morgan fingerprint density at radius 2 is 1.62 bits per heavy atom. The normalized spacial score (nSPS) is 12.3. The van der Waals surface area contributed by atoms with Crippen LogP contribution in [0.1, 0.15) is 34.6 Å². The molecule has 1 amide bonds. The Labute approximate surface area is 235 Å². The van der Waals surface area contributed by atoms with E-state index in [1.165, 1.54) is 29.6 Å². The number of nitrogens with one attached hydrogen (secondary N) is 1. The van der Waals surface area contributed by atoms with Gasteiger partial charge in [-0.3, -0.25) is 0 Å². The molecule has 0 radical (unpaired) electrons. The second-order valence-electron chi connectivity index (χ2n) is 7.18. The number of amides is 1. The maximum absolute atomic E-state index is 12.5. The number of hydrogen-bond donors (Lipinski definition) is 2. The highest BCUT2D eigenvalue weighted by Gasteiger charge is 2.31.